The van der Waals surface area contributed by atoms with Crippen LogP contribution in [0.1, 0.15) is 80.0 Å². The summed E-state index contributed by atoms with van der Waals surface area (Å²) >= 11 is 0. The highest BCUT2D eigenvalue weighted by Crippen LogP contribution is 2.30. The molecule has 7 nitrogen and oxygen atoms in total. The second kappa shape index (κ2) is 14.1. The number of ether oxygens (including phenoxy) is 1. The number of hydrogen-bond acceptors (Lipinski definition) is 6. The molecule has 0 amide bonds. The van der Waals surface area contributed by atoms with Crippen LogP contribution in [0.3, 0.4) is 0 Å². The number of piperazine rings is 1. The van der Waals surface area contributed by atoms with E-state index >= 15 is 0 Å². The maximum absolute atomic E-state index is 6.24. The zero-order valence-electron chi connectivity index (χ0n) is 25.1. The first-order chi connectivity index (χ1) is 18.2. The summed E-state index contributed by atoms with van der Waals surface area (Å²) in [5.74, 6) is 2.41. The van der Waals surface area contributed by atoms with Crippen LogP contribution in [0.2, 0.25) is 0 Å². The first-order valence-corrected chi connectivity index (χ1v) is 14.8. The van der Waals surface area contributed by atoms with Gasteiger partial charge in [0.2, 0.25) is 0 Å². The van der Waals surface area contributed by atoms with Crippen molar-refractivity contribution in [2.75, 3.05) is 56.6 Å². The van der Waals surface area contributed by atoms with Crippen molar-refractivity contribution in [1.29, 1.82) is 0 Å². The highest BCUT2D eigenvalue weighted by molar-refractivity contribution is 6.07. The van der Waals surface area contributed by atoms with Crippen molar-refractivity contribution in [3.63, 3.8) is 0 Å². The Morgan fingerprint density at radius 3 is 2.39 bits per heavy atom. The zero-order chi connectivity index (χ0) is 27.7. The molecule has 1 aliphatic rings. The third-order valence-electron chi connectivity index (χ3n) is 7.30. The number of rotatable bonds is 11. The third kappa shape index (κ3) is 8.31. The van der Waals surface area contributed by atoms with Gasteiger partial charge in [0.15, 0.2) is 0 Å². The molecule has 1 aliphatic heterocycles. The summed E-state index contributed by atoms with van der Waals surface area (Å²) in [6.45, 7) is 22.5. The average molecular weight is 525 g/mol. The van der Waals surface area contributed by atoms with Crippen LogP contribution < -0.4 is 10.6 Å². The van der Waals surface area contributed by atoms with Crippen molar-refractivity contribution < 1.29 is 4.74 Å². The molecule has 0 atom stereocenters. The van der Waals surface area contributed by atoms with Crippen LogP contribution in [-0.4, -0.2) is 65.8 Å². The summed E-state index contributed by atoms with van der Waals surface area (Å²) in [7, 11) is 0. The quantitative estimate of drug-likeness (QED) is 0.273. The van der Waals surface area contributed by atoms with Crippen LogP contribution in [0.5, 0.6) is 0 Å². The third-order valence-corrected chi connectivity index (χ3v) is 7.30. The molecule has 38 heavy (non-hydrogen) atoms. The van der Waals surface area contributed by atoms with E-state index in [4.69, 9.17) is 15.5 Å². The predicted molar refractivity (Wildman–Crippen MR) is 163 cm³/mol. The highest BCUT2D eigenvalue weighted by Gasteiger charge is 2.25. The van der Waals surface area contributed by atoms with E-state index in [1.807, 2.05) is 0 Å². The fourth-order valence-corrected chi connectivity index (χ4v) is 4.77. The van der Waals surface area contributed by atoms with Gasteiger partial charge in [0, 0.05) is 62.2 Å². The van der Waals surface area contributed by atoms with E-state index in [0.717, 1.165) is 105 Å². The molecule has 0 spiro atoms. The molecule has 0 bridgehead atoms. The predicted octanol–water partition coefficient (Wildman–Crippen LogP) is 6.66. The van der Waals surface area contributed by atoms with Crippen molar-refractivity contribution in [2.24, 2.45) is 11.3 Å². The summed E-state index contributed by atoms with van der Waals surface area (Å²) in [5, 5.41) is 1.08. The SMILES string of the molecule is CCC(C)C.CCCCc1nc2c([nH]1)c(N)nc1ccc(N3CCN(CC(C)(C)COCCC)CC3)cc12. The number of aryl methyl sites for hydroxylation is 1. The lowest BCUT2D eigenvalue weighted by Crippen LogP contribution is -2.49. The van der Waals surface area contributed by atoms with E-state index in [2.05, 4.69) is 86.4 Å². The normalized spacial score (nSPS) is 14.9. The molecule has 212 valence electrons. The van der Waals surface area contributed by atoms with Gasteiger partial charge in [0.1, 0.15) is 22.7 Å². The van der Waals surface area contributed by atoms with Crippen LogP contribution in [-0.2, 0) is 11.2 Å². The van der Waals surface area contributed by atoms with Crippen molar-refractivity contribution >= 4 is 33.4 Å². The van der Waals surface area contributed by atoms with Gasteiger partial charge in [0.05, 0.1) is 12.1 Å². The van der Waals surface area contributed by atoms with Crippen LogP contribution in [0.4, 0.5) is 11.5 Å². The summed E-state index contributed by atoms with van der Waals surface area (Å²) in [4.78, 5) is 18.0. The minimum absolute atomic E-state index is 0.174. The number of nitrogens with one attached hydrogen (secondary N) is 1. The topological polar surface area (TPSA) is 83.3 Å². The zero-order valence-corrected chi connectivity index (χ0v) is 25.1. The number of benzene rings is 1. The number of aromatic nitrogens is 3. The Morgan fingerprint density at radius 2 is 1.76 bits per heavy atom. The second-order valence-corrected chi connectivity index (χ2v) is 12.0. The fourth-order valence-electron chi connectivity index (χ4n) is 4.77. The van der Waals surface area contributed by atoms with Crippen molar-refractivity contribution in [3.8, 4) is 0 Å². The molecule has 7 heteroatoms. The minimum Gasteiger partial charge on any atom is -0.382 e. The number of nitrogens with two attached hydrogens (primary N) is 1. The Morgan fingerprint density at radius 1 is 1.05 bits per heavy atom. The number of unbranched alkanes of at least 4 members (excludes halogenated alkanes) is 1. The van der Waals surface area contributed by atoms with Gasteiger partial charge in [-0.1, -0.05) is 61.3 Å². The maximum atomic E-state index is 6.24. The molecular weight excluding hydrogens is 472 g/mol. The van der Waals surface area contributed by atoms with E-state index in [1.165, 1.54) is 12.1 Å². The summed E-state index contributed by atoms with van der Waals surface area (Å²) in [5.41, 5.74) is 10.4. The molecule has 0 saturated carbocycles. The monoisotopic (exact) mass is 524 g/mol. The summed E-state index contributed by atoms with van der Waals surface area (Å²) in [6, 6.07) is 6.50. The Hall–Kier alpha value is -2.38. The number of nitrogen functional groups attached to an aromatic ring is 1. The lowest BCUT2D eigenvalue weighted by molar-refractivity contribution is 0.0385. The standard InChI is InChI=1S/C26H40N6O.C5H12/c1-5-7-8-22-29-23-20-16-19(9-10-21(20)28-25(27)24(23)30-22)32-13-11-31(12-14-32)17-26(3,4)18-33-15-6-2;1-4-5(2)3/h9-10,16H,5-8,11-15,17-18H2,1-4H3,(H2,27,28)(H,29,30);5H,4H2,1-3H3. The number of fused-ring (bicyclic) bond motifs is 3. The fraction of sp³-hybridized carbons (Fsp3) is 0.677. The van der Waals surface area contributed by atoms with Gasteiger partial charge in [-0.15, -0.1) is 0 Å². The van der Waals surface area contributed by atoms with Crippen molar-refractivity contribution in [2.45, 2.75) is 80.6 Å². The summed E-state index contributed by atoms with van der Waals surface area (Å²) < 4.78 is 5.83. The molecule has 3 heterocycles. The van der Waals surface area contributed by atoms with Gasteiger partial charge in [-0.3, -0.25) is 4.90 Å². The first kappa shape index (κ1) is 30.2. The Balaban J connectivity index is 0.000000732. The van der Waals surface area contributed by atoms with Gasteiger partial charge in [-0.05, 0) is 37.0 Å². The molecule has 1 aromatic carbocycles. The Labute approximate surface area is 230 Å². The van der Waals surface area contributed by atoms with E-state index in [0.29, 0.717) is 5.82 Å². The molecule has 1 saturated heterocycles. The highest BCUT2D eigenvalue weighted by atomic mass is 16.5. The van der Waals surface area contributed by atoms with Crippen LogP contribution in [0.25, 0.3) is 21.9 Å². The minimum atomic E-state index is 0.174. The maximum Gasteiger partial charge on any atom is 0.150 e. The van der Waals surface area contributed by atoms with Gasteiger partial charge in [0.25, 0.3) is 0 Å². The van der Waals surface area contributed by atoms with Crippen molar-refractivity contribution in [3.05, 3.63) is 24.0 Å². The van der Waals surface area contributed by atoms with Crippen LogP contribution >= 0.6 is 0 Å². The average Bonchev–Trinajstić information content (AvgIpc) is 3.33. The lowest BCUT2D eigenvalue weighted by Gasteiger charge is -2.39. The molecule has 1 fully saturated rings. The van der Waals surface area contributed by atoms with E-state index in [9.17, 15) is 0 Å². The van der Waals surface area contributed by atoms with Gasteiger partial charge in [-0.2, -0.15) is 0 Å². The van der Waals surface area contributed by atoms with E-state index in [-0.39, 0.29) is 5.41 Å². The molecule has 3 N–H and O–H groups in total. The molecule has 0 unspecified atom stereocenters. The number of H-pyrrole nitrogens is 1. The Bertz CT molecular complexity index is 1130. The smallest absolute Gasteiger partial charge is 0.150 e. The largest absolute Gasteiger partial charge is 0.382 e. The van der Waals surface area contributed by atoms with Crippen LogP contribution in [0.15, 0.2) is 18.2 Å². The lowest BCUT2D eigenvalue weighted by atomic mass is 9.93. The molecule has 0 aliphatic carbocycles. The van der Waals surface area contributed by atoms with E-state index < -0.39 is 0 Å². The summed E-state index contributed by atoms with van der Waals surface area (Å²) in [6.07, 6.45) is 5.58. The number of pyridine rings is 1. The molecule has 3 aromatic rings. The number of aromatic amines is 1. The van der Waals surface area contributed by atoms with Crippen molar-refractivity contribution in [1.82, 2.24) is 19.9 Å². The van der Waals surface area contributed by atoms with Crippen LogP contribution in [0, 0.1) is 11.3 Å². The number of hydrogen-bond donors (Lipinski definition) is 2. The molecule has 0 radical (unpaired) electrons. The number of imidazole rings is 1. The van der Waals surface area contributed by atoms with Gasteiger partial charge < -0.3 is 20.4 Å². The van der Waals surface area contributed by atoms with Gasteiger partial charge in [-0.25, -0.2) is 9.97 Å². The first-order valence-electron chi connectivity index (χ1n) is 14.8. The number of nitrogens with zero attached hydrogens (tertiary/aromatic N) is 4. The van der Waals surface area contributed by atoms with Gasteiger partial charge >= 0.3 is 0 Å². The number of anilines is 2. The van der Waals surface area contributed by atoms with E-state index in [1.54, 1.807) is 0 Å². The Kier molecular flexibility index (Phi) is 11.2. The second-order valence-electron chi connectivity index (χ2n) is 12.0. The molecule has 4 rings (SSSR count). The molecule has 2 aromatic heterocycles. The molecular formula is C31H52N6O.